The van der Waals surface area contributed by atoms with Gasteiger partial charge in [0.25, 0.3) is 0 Å². The molecule has 37 heavy (non-hydrogen) atoms. The van der Waals surface area contributed by atoms with E-state index in [1.165, 1.54) is 0 Å². The third kappa shape index (κ3) is 6.84. The van der Waals surface area contributed by atoms with Crippen LogP contribution >= 0.6 is 23.2 Å². The van der Waals surface area contributed by atoms with Crippen molar-refractivity contribution in [3.05, 3.63) is 51.5 Å². The molecule has 0 atom stereocenters. The summed E-state index contributed by atoms with van der Waals surface area (Å²) in [5, 5.41) is 5.95. The average Bonchev–Trinajstić information content (AvgIpc) is 2.92. The summed E-state index contributed by atoms with van der Waals surface area (Å²) in [4.78, 5) is 32.1. The van der Waals surface area contributed by atoms with Crippen LogP contribution in [0, 0.1) is 0 Å². The van der Waals surface area contributed by atoms with Gasteiger partial charge < -0.3 is 28.7 Å². The molecule has 5 rings (SSSR count). The van der Waals surface area contributed by atoms with Gasteiger partial charge in [0.15, 0.2) is 23.0 Å². The Morgan fingerprint density at radius 1 is 0.622 bits per heavy atom. The number of ketones is 1. The zero-order chi connectivity index (χ0) is 25.6. The van der Waals surface area contributed by atoms with Crippen LogP contribution in [0.15, 0.2) is 30.3 Å². The van der Waals surface area contributed by atoms with Gasteiger partial charge in [-0.05, 0) is 24.3 Å². The van der Waals surface area contributed by atoms with E-state index in [1.807, 2.05) is 0 Å². The number of morpholine rings is 3. The Morgan fingerprint density at radius 2 is 1.08 bits per heavy atom. The van der Waals surface area contributed by atoms with E-state index in [1.54, 1.807) is 45.5 Å². The topological polar surface area (TPSA) is 82.2 Å². The van der Waals surface area contributed by atoms with Crippen LogP contribution in [0.1, 0.15) is 15.9 Å². The van der Waals surface area contributed by atoms with E-state index in [9.17, 15) is 4.79 Å². The fourth-order valence-electron chi connectivity index (χ4n) is 4.09. The van der Waals surface area contributed by atoms with Crippen LogP contribution in [-0.2, 0) is 14.2 Å². The zero-order valence-corrected chi connectivity index (χ0v) is 21.8. The molecule has 3 aliphatic rings. The fourth-order valence-corrected chi connectivity index (χ4v) is 4.50. The summed E-state index contributed by atoms with van der Waals surface area (Å²) in [6, 6.07) is 8.15. The van der Waals surface area contributed by atoms with Gasteiger partial charge in [0.05, 0.1) is 89.5 Å². The first kappa shape index (κ1) is 26.5. The number of nitrogens with zero attached hydrogens (tertiary/aromatic N) is 3. The van der Waals surface area contributed by atoms with Crippen molar-refractivity contribution >= 4 is 29.0 Å². The van der Waals surface area contributed by atoms with Gasteiger partial charge in [0.1, 0.15) is 0 Å². The SMILES string of the molecule is O=C(c1cc(ON2CCOCC2)c(ON2CCOCC2)cc1Cl)c1cc(Cl)ccc1ON1CCOCC1. The largest absolute Gasteiger partial charge is 0.405 e. The maximum absolute atomic E-state index is 13.8. The molecule has 200 valence electrons. The highest BCUT2D eigenvalue weighted by atomic mass is 35.5. The average molecular weight is 554 g/mol. The minimum Gasteiger partial charge on any atom is -0.405 e. The number of carbonyl (C=O) groups excluding carboxylic acids is 1. The molecule has 10 nitrogen and oxygen atoms in total. The number of benzene rings is 2. The Bertz CT molecular complexity index is 1090. The van der Waals surface area contributed by atoms with Crippen molar-refractivity contribution in [2.45, 2.75) is 0 Å². The molecule has 0 bridgehead atoms. The van der Waals surface area contributed by atoms with Crippen LogP contribution in [-0.4, -0.2) is 99.9 Å². The van der Waals surface area contributed by atoms with Crippen LogP contribution in [0.5, 0.6) is 17.2 Å². The van der Waals surface area contributed by atoms with Crippen molar-refractivity contribution in [3.63, 3.8) is 0 Å². The molecule has 0 amide bonds. The molecular formula is C25H29Cl2N3O7. The molecule has 0 spiro atoms. The van der Waals surface area contributed by atoms with Crippen LogP contribution in [0.3, 0.4) is 0 Å². The summed E-state index contributed by atoms with van der Waals surface area (Å²) in [6.07, 6.45) is 0. The minimum absolute atomic E-state index is 0.222. The van der Waals surface area contributed by atoms with E-state index in [-0.39, 0.29) is 16.4 Å². The van der Waals surface area contributed by atoms with Crippen molar-refractivity contribution in [1.82, 2.24) is 15.2 Å². The second-order valence-corrected chi connectivity index (χ2v) is 9.49. The van der Waals surface area contributed by atoms with Gasteiger partial charge in [-0.2, -0.15) is 0 Å². The molecule has 0 unspecified atom stereocenters. The number of carbonyl (C=O) groups is 1. The van der Waals surface area contributed by atoms with Crippen molar-refractivity contribution < 1.29 is 33.5 Å². The van der Waals surface area contributed by atoms with Crippen molar-refractivity contribution in [2.24, 2.45) is 0 Å². The van der Waals surface area contributed by atoms with Gasteiger partial charge in [0.2, 0.25) is 0 Å². The van der Waals surface area contributed by atoms with Crippen molar-refractivity contribution in [3.8, 4) is 17.2 Å². The first-order chi connectivity index (χ1) is 18.1. The van der Waals surface area contributed by atoms with Crippen molar-refractivity contribution in [2.75, 3.05) is 78.9 Å². The number of ether oxygens (including phenoxy) is 3. The summed E-state index contributed by atoms with van der Waals surface area (Å²) < 4.78 is 16.2. The Morgan fingerprint density at radius 3 is 1.59 bits per heavy atom. The Hall–Kier alpha value is -2.15. The van der Waals surface area contributed by atoms with E-state index in [0.717, 1.165) is 0 Å². The molecule has 3 saturated heterocycles. The van der Waals surface area contributed by atoms with E-state index >= 15 is 0 Å². The quantitative estimate of drug-likeness (QED) is 0.454. The van der Waals surface area contributed by atoms with Gasteiger partial charge in [-0.15, -0.1) is 15.2 Å². The van der Waals surface area contributed by atoms with Gasteiger partial charge in [0, 0.05) is 16.7 Å². The number of halogens is 2. The molecule has 12 heteroatoms. The van der Waals surface area contributed by atoms with Crippen LogP contribution in [0.4, 0.5) is 0 Å². The predicted molar refractivity (Wildman–Crippen MR) is 135 cm³/mol. The van der Waals surface area contributed by atoms with Gasteiger partial charge >= 0.3 is 0 Å². The molecule has 3 aliphatic heterocycles. The maximum atomic E-state index is 13.8. The standard InChI is InChI=1S/C25H29Cl2N3O7/c26-18-1-2-22(35-28-3-9-32-10-4-28)20(15-18)25(31)19-16-23(36-29-5-11-33-12-6-29)24(17-21(19)27)37-30-7-13-34-14-8-30/h1-2,15-17H,3-14H2. The van der Waals surface area contributed by atoms with E-state index < -0.39 is 0 Å². The third-order valence-corrected chi connectivity index (χ3v) is 6.60. The fraction of sp³-hybridized carbons (Fsp3) is 0.480. The summed E-state index contributed by atoms with van der Waals surface area (Å²) in [5.74, 6) is 0.821. The summed E-state index contributed by atoms with van der Waals surface area (Å²) in [5.41, 5.74) is 0.536. The maximum Gasteiger partial charge on any atom is 0.198 e. The monoisotopic (exact) mass is 553 g/mol. The van der Waals surface area contributed by atoms with E-state index in [0.29, 0.717) is 107 Å². The molecule has 0 radical (unpaired) electrons. The summed E-state index contributed by atoms with van der Waals surface area (Å²) in [6.45, 7) is 6.84. The van der Waals surface area contributed by atoms with E-state index in [4.69, 9.17) is 51.9 Å². The Kier molecular flexibility index (Phi) is 9.01. The molecular weight excluding hydrogens is 525 g/mol. The van der Waals surface area contributed by atoms with Crippen LogP contribution in [0.25, 0.3) is 0 Å². The highest BCUT2D eigenvalue weighted by Gasteiger charge is 2.26. The summed E-state index contributed by atoms with van der Waals surface area (Å²) >= 11 is 12.9. The Labute approximate surface area is 225 Å². The second kappa shape index (κ2) is 12.6. The first-order valence-electron chi connectivity index (χ1n) is 12.3. The molecule has 3 fully saturated rings. The zero-order valence-electron chi connectivity index (χ0n) is 20.3. The first-order valence-corrected chi connectivity index (χ1v) is 13.0. The van der Waals surface area contributed by atoms with Gasteiger partial charge in [-0.1, -0.05) is 23.2 Å². The number of hydroxylamine groups is 6. The smallest absolute Gasteiger partial charge is 0.198 e. The van der Waals surface area contributed by atoms with E-state index in [2.05, 4.69) is 0 Å². The van der Waals surface area contributed by atoms with Crippen molar-refractivity contribution in [1.29, 1.82) is 0 Å². The molecule has 0 aliphatic carbocycles. The second-order valence-electron chi connectivity index (χ2n) is 8.65. The van der Waals surface area contributed by atoms with Crippen LogP contribution < -0.4 is 14.5 Å². The molecule has 2 aromatic carbocycles. The number of hydrogen-bond acceptors (Lipinski definition) is 10. The molecule has 0 N–H and O–H groups in total. The lowest BCUT2D eigenvalue weighted by molar-refractivity contribution is -0.136. The Balaban J connectivity index is 1.45. The van der Waals surface area contributed by atoms with Gasteiger partial charge in [-0.25, -0.2) is 0 Å². The molecule has 0 saturated carbocycles. The highest BCUT2D eigenvalue weighted by Crippen LogP contribution is 2.37. The molecule has 0 aromatic heterocycles. The third-order valence-electron chi connectivity index (χ3n) is 6.06. The van der Waals surface area contributed by atoms with Gasteiger partial charge in [-0.3, -0.25) is 4.79 Å². The highest BCUT2D eigenvalue weighted by molar-refractivity contribution is 6.36. The van der Waals surface area contributed by atoms with Crippen LogP contribution in [0.2, 0.25) is 10.0 Å². The normalized spacial score (nSPS) is 19.9. The number of hydrogen-bond donors (Lipinski definition) is 0. The summed E-state index contributed by atoms with van der Waals surface area (Å²) in [7, 11) is 0. The molecule has 3 heterocycles. The number of rotatable bonds is 8. The minimum atomic E-state index is -0.347. The lowest BCUT2D eigenvalue weighted by Crippen LogP contribution is -2.40. The lowest BCUT2D eigenvalue weighted by atomic mass is 10.0. The predicted octanol–water partition coefficient (Wildman–Crippen LogP) is 3.10. The molecule has 2 aromatic rings. The lowest BCUT2D eigenvalue weighted by Gasteiger charge is -2.30.